The molecule has 0 aromatic rings. The lowest BCUT2D eigenvalue weighted by Gasteiger charge is -2.18. The Morgan fingerprint density at radius 2 is 2.36 bits per heavy atom. The Labute approximate surface area is 65.7 Å². The standard InChI is InChI=1S/C8H13FO2/c1-3-8(2,7(10)11)5-4-6-9/h3H,1,4-6H2,2H3,(H,10,11). The monoisotopic (exact) mass is 160 g/mol. The van der Waals surface area contributed by atoms with Gasteiger partial charge in [0.15, 0.2) is 0 Å². The van der Waals surface area contributed by atoms with E-state index in [1.54, 1.807) is 0 Å². The van der Waals surface area contributed by atoms with E-state index < -0.39 is 18.1 Å². The van der Waals surface area contributed by atoms with Crippen LogP contribution in [0.5, 0.6) is 0 Å². The van der Waals surface area contributed by atoms with Crippen LogP contribution in [-0.2, 0) is 4.79 Å². The molecule has 0 saturated carbocycles. The van der Waals surface area contributed by atoms with Crippen LogP contribution in [0.4, 0.5) is 4.39 Å². The molecule has 0 aliphatic rings. The van der Waals surface area contributed by atoms with Crippen LogP contribution in [0.25, 0.3) is 0 Å². The van der Waals surface area contributed by atoms with Gasteiger partial charge in [-0.05, 0) is 19.8 Å². The van der Waals surface area contributed by atoms with Crippen LogP contribution in [0.1, 0.15) is 19.8 Å². The summed E-state index contributed by atoms with van der Waals surface area (Å²) in [4.78, 5) is 10.6. The molecule has 0 bridgehead atoms. The van der Waals surface area contributed by atoms with Crippen LogP contribution in [0.2, 0.25) is 0 Å². The number of rotatable bonds is 5. The maximum absolute atomic E-state index is 11.7. The van der Waals surface area contributed by atoms with Crippen molar-refractivity contribution in [2.75, 3.05) is 6.67 Å². The van der Waals surface area contributed by atoms with E-state index in [9.17, 15) is 9.18 Å². The number of hydrogen-bond acceptors (Lipinski definition) is 1. The van der Waals surface area contributed by atoms with Crippen LogP contribution in [0, 0.1) is 5.41 Å². The van der Waals surface area contributed by atoms with Crippen molar-refractivity contribution in [2.45, 2.75) is 19.8 Å². The lowest BCUT2D eigenvalue weighted by Crippen LogP contribution is -2.24. The second-order valence-electron chi connectivity index (χ2n) is 2.72. The van der Waals surface area contributed by atoms with E-state index >= 15 is 0 Å². The van der Waals surface area contributed by atoms with Crippen LogP contribution >= 0.6 is 0 Å². The molecule has 0 aliphatic heterocycles. The molecule has 0 fully saturated rings. The van der Waals surface area contributed by atoms with E-state index in [1.807, 2.05) is 0 Å². The third-order valence-corrected chi connectivity index (χ3v) is 1.77. The van der Waals surface area contributed by atoms with Gasteiger partial charge in [-0.2, -0.15) is 0 Å². The largest absolute Gasteiger partial charge is 0.481 e. The number of halogens is 1. The molecule has 0 aromatic heterocycles. The SMILES string of the molecule is C=CC(C)(CCCF)C(=O)O. The Morgan fingerprint density at radius 3 is 2.64 bits per heavy atom. The summed E-state index contributed by atoms with van der Waals surface area (Å²) in [6.45, 7) is 4.47. The van der Waals surface area contributed by atoms with Gasteiger partial charge in [0.05, 0.1) is 12.1 Å². The minimum absolute atomic E-state index is 0.273. The van der Waals surface area contributed by atoms with Crippen LogP contribution in [-0.4, -0.2) is 17.8 Å². The molecule has 0 radical (unpaired) electrons. The fourth-order valence-electron chi connectivity index (χ4n) is 0.730. The Morgan fingerprint density at radius 1 is 1.82 bits per heavy atom. The number of carbonyl (C=O) groups is 1. The van der Waals surface area contributed by atoms with Crippen molar-refractivity contribution in [3.63, 3.8) is 0 Å². The topological polar surface area (TPSA) is 37.3 Å². The van der Waals surface area contributed by atoms with Crippen molar-refractivity contribution in [3.05, 3.63) is 12.7 Å². The quantitative estimate of drug-likeness (QED) is 0.624. The highest BCUT2D eigenvalue weighted by Gasteiger charge is 2.28. The van der Waals surface area contributed by atoms with Gasteiger partial charge in [0.25, 0.3) is 0 Å². The summed E-state index contributed by atoms with van der Waals surface area (Å²) in [7, 11) is 0. The van der Waals surface area contributed by atoms with Crippen molar-refractivity contribution in [1.82, 2.24) is 0 Å². The first kappa shape index (κ1) is 10.1. The molecule has 0 spiro atoms. The van der Waals surface area contributed by atoms with Crippen LogP contribution in [0.3, 0.4) is 0 Å². The molecule has 11 heavy (non-hydrogen) atoms. The zero-order valence-corrected chi connectivity index (χ0v) is 6.64. The van der Waals surface area contributed by atoms with Gasteiger partial charge >= 0.3 is 5.97 Å². The van der Waals surface area contributed by atoms with Gasteiger partial charge in [-0.1, -0.05) is 6.08 Å². The second-order valence-corrected chi connectivity index (χ2v) is 2.72. The first-order valence-corrected chi connectivity index (χ1v) is 3.50. The minimum atomic E-state index is -0.966. The molecule has 1 N–H and O–H groups in total. The Bertz CT molecular complexity index is 156. The molecular weight excluding hydrogens is 147 g/mol. The minimum Gasteiger partial charge on any atom is -0.481 e. The van der Waals surface area contributed by atoms with E-state index in [2.05, 4.69) is 6.58 Å². The van der Waals surface area contributed by atoms with Crippen molar-refractivity contribution >= 4 is 5.97 Å². The average Bonchev–Trinajstić information content (AvgIpc) is 2.00. The summed E-state index contributed by atoms with van der Waals surface area (Å²) in [6.07, 6.45) is 1.93. The molecule has 0 saturated heterocycles. The molecule has 0 amide bonds. The van der Waals surface area contributed by atoms with Gasteiger partial charge in [0.1, 0.15) is 0 Å². The third-order valence-electron chi connectivity index (χ3n) is 1.77. The Balaban J connectivity index is 4.10. The summed E-state index contributed by atoms with van der Waals surface area (Å²) in [5.41, 5.74) is -0.966. The zero-order chi connectivity index (χ0) is 8.91. The normalized spacial score (nSPS) is 15.5. The van der Waals surface area contributed by atoms with Crippen LogP contribution in [0.15, 0.2) is 12.7 Å². The third kappa shape index (κ3) is 2.70. The van der Waals surface area contributed by atoms with Gasteiger partial charge in [-0.15, -0.1) is 6.58 Å². The molecule has 0 heterocycles. The number of carboxylic acids is 1. The predicted octanol–water partition coefficient (Wildman–Crippen LogP) is 2.01. The fourth-order valence-corrected chi connectivity index (χ4v) is 0.730. The van der Waals surface area contributed by atoms with E-state index in [-0.39, 0.29) is 6.42 Å². The molecule has 0 aliphatic carbocycles. The number of hydrogen-bond donors (Lipinski definition) is 1. The fraction of sp³-hybridized carbons (Fsp3) is 0.625. The molecular formula is C8H13FO2. The molecule has 3 heteroatoms. The number of carboxylic acid groups (broad SMARTS) is 1. The van der Waals surface area contributed by atoms with E-state index in [4.69, 9.17) is 5.11 Å². The smallest absolute Gasteiger partial charge is 0.313 e. The van der Waals surface area contributed by atoms with Crippen molar-refractivity contribution in [3.8, 4) is 0 Å². The highest BCUT2D eigenvalue weighted by atomic mass is 19.1. The van der Waals surface area contributed by atoms with Gasteiger partial charge in [-0.25, -0.2) is 0 Å². The summed E-state index contributed by atoms with van der Waals surface area (Å²) in [5.74, 6) is -0.944. The summed E-state index contributed by atoms with van der Waals surface area (Å²) in [5, 5.41) is 8.67. The summed E-state index contributed by atoms with van der Waals surface area (Å²) < 4.78 is 11.7. The molecule has 0 aromatic carbocycles. The highest BCUT2D eigenvalue weighted by Crippen LogP contribution is 2.24. The van der Waals surface area contributed by atoms with E-state index in [1.165, 1.54) is 13.0 Å². The predicted molar refractivity (Wildman–Crippen MR) is 41.1 cm³/mol. The van der Waals surface area contributed by atoms with Gasteiger partial charge in [0, 0.05) is 0 Å². The first-order valence-electron chi connectivity index (χ1n) is 3.50. The molecule has 1 atom stereocenters. The lowest BCUT2D eigenvalue weighted by molar-refractivity contribution is -0.145. The van der Waals surface area contributed by atoms with Gasteiger partial charge in [0.2, 0.25) is 0 Å². The maximum Gasteiger partial charge on any atom is 0.313 e. The summed E-state index contributed by atoms with van der Waals surface area (Å²) >= 11 is 0. The highest BCUT2D eigenvalue weighted by molar-refractivity contribution is 5.76. The molecule has 0 rings (SSSR count). The summed E-state index contributed by atoms with van der Waals surface area (Å²) in [6, 6.07) is 0. The molecule has 1 unspecified atom stereocenters. The zero-order valence-electron chi connectivity index (χ0n) is 6.64. The maximum atomic E-state index is 11.7. The Hall–Kier alpha value is -0.860. The number of alkyl halides is 1. The van der Waals surface area contributed by atoms with Gasteiger partial charge in [-0.3, -0.25) is 9.18 Å². The van der Waals surface area contributed by atoms with Crippen molar-refractivity contribution in [1.29, 1.82) is 0 Å². The lowest BCUT2D eigenvalue weighted by atomic mass is 9.86. The van der Waals surface area contributed by atoms with Crippen LogP contribution < -0.4 is 0 Å². The van der Waals surface area contributed by atoms with E-state index in [0.29, 0.717) is 6.42 Å². The Kier molecular flexibility index (Phi) is 3.79. The second kappa shape index (κ2) is 4.11. The van der Waals surface area contributed by atoms with Crippen molar-refractivity contribution in [2.24, 2.45) is 5.41 Å². The molecule has 64 valence electrons. The first-order chi connectivity index (χ1) is 5.06. The van der Waals surface area contributed by atoms with Gasteiger partial charge < -0.3 is 5.11 Å². The number of aliphatic carboxylic acids is 1. The molecule has 2 nitrogen and oxygen atoms in total. The average molecular weight is 160 g/mol. The van der Waals surface area contributed by atoms with E-state index in [0.717, 1.165) is 0 Å². The van der Waals surface area contributed by atoms with Crippen molar-refractivity contribution < 1.29 is 14.3 Å².